The van der Waals surface area contributed by atoms with Crippen molar-refractivity contribution in [1.29, 1.82) is 0 Å². The molecule has 0 amide bonds. The van der Waals surface area contributed by atoms with Crippen LogP contribution >= 0.6 is 0 Å². The number of hydrogen-bond acceptors (Lipinski definition) is 3. The Labute approximate surface area is 59.7 Å². The molecule has 0 aliphatic rings. The van der Waals surface area contributed by atoms with Crippen molar-refractivity contribution in [3.8, 4) is 0 Å². The molecule has 3 nitrogen and oxygen atoms in total. The molecule has 0 saturated heterocycles. The average molecular weight is 142 g/mol. The second-order valence-corrected chi connectivity index (χ2v) is 1.68. The number of unbranched alkanes of at least 4 members (excludes halogenated alkanes) is 1. The molecular weight excluding hydrogens is 132 g/mol. The normalized spacial score (nSPS) is 8.40. The first-order valence-electron chi connectivity index (χ1n) is 3.04. The number of rotatable bonds is 5. The zero-order chi connectivity index (χ0) is 7.82. The molecular formula is C7H10O3. The minimum atomic E-state index is -0.439. The highest BCUT2D eigenvalue weighted by molar-refractivity contribution is 5.81. The summed E-state index contributed by atoms with van der Waals surface area (Å²) in [6.45, 7) is 3.51. The molecule has 0 N–H and O–H groups in total. The highest BCUT2D eigenvalue weighted by Crippen LogP contribution is 1.87. The van der Waals surface area contributed by atoms with Gasteiger partial charge in [-0.2, -0.15) is 0 Å². The van der Waals surface area contributed by atoms with Gasteiger partial charge in [0, 0.05) is 12.5 Å². The summed E-state index contributed by atoms with van der Waals surface area (Å²) >= 11 is 0. The third-order valence-corrected chi connectivity index (χ3v) is 0.877. The molecule has 0 radical (unpaired) electrons. The van der Waals surface area contributed by atoms with Gasteiger partial charge in [0.25, 0.3) is 0 Å². The van der Waals surface area contributed by atoms with E-state index in [4.69, 9.17) is 0 Å². The Balaban J connectivity index is 3.11. The van der Waals surface area contributed by atoms with Gasteiger partial charge >= 0.3 is 5.97 Å². The standard InChI is InChI=1S/C7H10O3/c1-2-7(9)10-6-4-3-5-8/h2,5H,1,3-4,6H2. The van der Waals surface area contributed by atoms with E-state index in [0.29, 0.717) is 19.4 Å². The molecule has 0 atom stereocenters. The number of esters is 1. The minimum absolute atomic E-state index is 0.295. The molecule has 0 fully saturated rings. The highest BCUT2D eigenvalue weighted by Gasteiger charge is 1.92. The molecule has 0 aromatic carbocycles. The Morgan fingerprint density at radius 2 is 2.30 bits per heavy atom. The zero-order valence-electron chi connectivity index (χ0n) is 5.71. The van der Waals surface area contributed by atoms with Crippen LogP contribution in [-0.4, -0.2) is 18.9 Å². The third kappa shape index (κ3) is 5.03. The van der Waals surface area contributed by atoms with E-state index in [0.717, 1.165) is 12.4 Å². The SMILES string of the molecule is C=CC(=O)OCCCC=O. The van der Waals surface area contributed by atoms with Crippen molar-refractivity contribution in [1.82, 2.24) is 0 Å². The van der Waals surface area contributed by atoms with Gasteiger partial charge in [-0.15, -0.1) is 0 Å². The summed E-state index contributed by atoms with van der Waals surface area (Å²) in [7, 11) is 0. The summed E-state index contributed by atoms with van der Waals surface area (Å²) < 4.78 is 4.58. The summed E-state index contributed by atoms with van der Waals surface area (Å²) in [6, 6.07) is 0. The lowest BCUT2D eigenvalue weighted by Gasteiger charge is -1.96. The smallest absolute Gasteiger partial charge is 0.330 e. The van der Waals surface area contributed by atoms with Crippen LogP contribution in [0.4, 0.5) is 0 Å². The van der Waals surface area contributed by atoms with Crippen LogP contribution in [0, 0.1) is 0 Å². The maximum absolute atomic E-state index is 10.3. The lowest BCUT2D eigenvalue weighted by molar-refractivity contribution is -0.138. The largest absolute Gasteiger partial charge is 0.463 e. The molecule has 56 valence electrons. The Kier molecular flexibility index (Phi) is 5.33. The molecule has 0 bridgehead atoms. The lowest BCUT2D eigenvalue weighted by Crippen LogP contribution is -2.01. The predicted molar refractivity (Wildman–Crippen MR) is 36.5 cm³/mol. The van der Waals surface area contributed by atoms with Gasteiger partial charge < -0.3 is 9.53 Å². The van der Waals surface area contributed by atoms with E-state index < -0.39 is 5.97 Å². The van der Waals surface area contributed by atoms with Gasteiger partial charge in [-0.25, -0.2) is 4.79 Å². The van der Waals surface area contributed by atoms with E-state index in [1.807, 2.05) is 0 Å². The van der Waals surface area contributed by atoms with Crippen LogP contribution in [0.15, 0.2) is 12.7 Å². The second-order valence-electron chi connectivity index (χ2n) is 1.68. The average Bonchev–Trinajstić information content (AvgIpc) is 1.98. The molecule has 0 aromatic heterocycles. The fourth-order valence-electron chi connectivity index (χ4n) is 0.398. The lowest BCUT2D eigenvalue weighted by atomic mass is 10.3. The number of carbonyl (C=O) groups is 2. The summed E-state index contributed by atoms with van der Waals surface area (Å²) in [5.41, 5.74) is 0. The predicted octanol–water partition coefficient (Wildman–Crippen LogP) is 0.695. The number of hydrogen-bond donors (Lipinski definition) is 0. The molecule has 0 aliphatic heterocycles. The molecule has 0 saturated carbocycles. The van der Waals surface area contributed by atoms with E-state index in [1.54, 1.807) is 0 Å². The number of ether oxygens (including phenoxy) is 1. The first kappa shape index (κ1) is 8.88. The van der Waals surface area contributed by atoms with Crippen molar-refractivity contribution >= 4 is 12.3 Å². The zero-order valence-corrected chi connectivity index (χ0v) is 5.71. The summed E-state index contributed by atoms with van der Waals surface area (Å²) in [6.07, 6.45) is 2.91. The van der Waals surface area contributed by atoms with E-state index in [1.165, 1.54) is 0 Å². The maximum atomic E-state index is 10.3. The Hall–Kier alpha value is -1.12. The van der Waals surface area contributed by atoms with Gasteiger partial charge in [-0.05, 0) is 6.42 Å². The highest BCUT2D eigenvalue weighted by atomic mass is 16.5. The van der Waals surface area contributed by atoms with Gasteiger partial charge in [-0.1, -0.05) is 6.58 Å². The van der Waals surface area contributed by atoms with Crippen LogP contribution < -0.4 is 0 Å². The van der Waals surface area contributed by atoms with Crippen molar-refractivity contribution in [2.75, 3.05) is 6.61 Å². The van der Waals surface area contributed by atoms with Crippen LogP contribution in [0.2, 0.25) is 0 Å². The third-order valence-electron chi connectivity index (χ3n) is 0.877. The van der Waals surface area contributed by atoms with Crippen LogP contribution in [0.3, 0.4) is 0 Å². The van der Waals surface area contributed by atoms with Crippen LogP contribution in [0.25, 0.3) is 0 Å². The maximum Gasteiger partial charge on any atom is 0.330 e. The topological polar surface area (TPSA) is 43.4 Å². The Morgan fingerprint density at radius 1 is 1.60 bits per heavy atom. The van der Waals surface area contributed by atoms with E-state index >= 15 is 0 Å². The van der Waals surface area contributed by atoms with E-state index in [-0.39, 0.29) is 0 Å². The fraction of sp³-hybridized carbons (Fsp3) is 0.429. The van der Waals surface area contributed by atoms with E-state index in [2.05, 4.69) is 11.3 Å². The van der Waals surface area contributed by atoms with Crippen molar-refractivity contribution in [3.05, 3.63) is 12.7 Å². The summed E-state index contributed by atoms with van der Waals surface area (Å²) in [5, 5.41) is 0. The molecule has 0 heterocycles. The van der Waals surface area contributed by atoms with Crippen LogP contribution in [0.5, 0.6) is 0 Å². The quantitative estimate of drug-likeness (QED) is 0.245. The monoisotopic (exact) mass is 142 g/mol. The summed E-state index contributed by atoms with van der Waals surface area (Å²) in [4.78, 5) is 20.1. The molecule has 0 spiro atoms. The molecule has 0 aromatic rings. The van der Waals surface area contributed by atoms with Crippen molar-refractivity contribution in [2.24, 2.45) is 0 Å². The number of carbonyl (C=O) groups excluding carboxylic acids is 2. The summed E-state index contributed by atoms with van der Waals surface area (Å²) in [5.74, 6) is -0.439. The second kappa shape index (κ2) is 6.01. The molecule has 0 unspecified atom stereocenters. The molecule has 0 aliphatic carbocycles. The van der Waals surface area contributed by atoms with E-state index in [9.17, 15) is 9.59 Å². The van der Waals surface area contributed by atoms with Gasteiger partial charge in [0.15, 0.2) is 0 Å². The van der Waals surface area contributed by atoms with Crippen molar-refractivity contribution in [3.63, 3.8) is 0 Å². The Morgan fingerprint density at radius 3 is 2.80 bits per heavy atom. The van der Waals surface area contributed by atoms with Gasteiger partial charge in [-0.3, -0.25) is 0 Å². The van der Waals surface area contributed by atoms with Crippen LogP contribution in [0.1, 0.15) is 12.8 Å². The first-order valence-corrected chi connectivity index (χ1v) is 3.04. The molecule has 3 heteroatoms. The van der Waals surface area contributed by atoms with Crippen molar-refractivity contribution < 1.29 is 14.3 Å². The van der Waals surface area contributed by atoms with Gasteiger partial charge in [0.05, 0.1) is 6.61 Å². The molecule has 10 heavy (non-hydrogen) atoms. The number of aldehydes is 1. The van der Waals surface area contributed by atoms with Gasteiger partial charge in [0.1, 0.15) is 6.29 Å². The first-order chi connectivity index (χ1) is 4.81. The Bertz CT molecular complexity index is 129. The van der Waals surface area contributed by atoms with Gasteiger partial charge in [0.2, 0.25) is 0 Å². The fourth-order valence-corrected chi connectivity index (χ4v) is 0.398. The molecule has 0 rings (SSSR count). The van der Waals surface area contributed by atoms with Crippen molar-refractivity contribution in [2.45, 2.75) is 12.8 Å². The minimum Gasteiger partial charge on any atom is -0.463 e. The van der Waals surface area contributed by atoms with Crippen LogP contribution in [-0.2, 0) is 14.3 Å².